The molecule has 6 rings (SSSR count). The summed E-state index contributed by atoms with van der Waals surface area (Å²) in [5.41, 5.74) is 11.0. The Morgan fingerprint density at radius 2 is 1.97 bits per heavy atom. The number of pyridine rings is 1. The number of fused-ring (bicyclic) bond motifs is 2. The van der Waals surface area contributed by atoms with Gasteiger partial charge in [-0.25, -0.2) is 19.0 Å². The quantitative estimate of drug-likeness (QED) is 0.390. The number of hydrogen-bond donors (Lipinski definition) is 2. The molecule has 0 spiro atoms. The van der Waals surface area contributed by atoms with Crippen LogP contribution in [0.15, 0.2) is 55.0 Å². The number of aromatic hydroxyl groups is 1. The smallest absolute Gasteiger partial charge is 0.164 e. The molecule has 10 heteroatoms. The van der Waals surface area contributed by atoms with Crippen molar-refractivity contribution in [2.75, 3.05) is 32.0 Å². The molecule has 5 heterocycles. The summed E-state index contributed by atoms with van der Waals surface area (Å²) in [6, 6.07) is 11.9. The van der Waals surface area contributed by atoms with Crippen molar-refractivity contribution in [3.05, 3.63) is 72.1 Å². The predicted octanol–water partition coefficient (Wildman–Crippen LogP) is 3.61. The van der Waals surface area contributed by atoms with Gasteiger partial charge in [-0.05, 0) is 42.8 Å². The van der Waals surface area contributed by atoms with Crippen LogP contribution >= 0.6 is 0 Å². The van der Waals surface area contributed by atoms with Gasteiger partial charge in [-0.3, -0.25) is 4.90 Å². The highest BCUT2D eigenvalue weighted by Crippen LogP contribution is 2.36. The molecule has 1 saturated heterocycles. The van der Waals surface area contributed by atoms with Gasteiger partial charge < -0.3 is 20.0 Å². The van der Waals surface area contributed by atoms with E-state index < -0.39 is 5.82 Å². The maximum atomic E-state index is 14.2. The maximum absolute atomic E-state index is 14.2. The van der Waals surface area contributed by atoms with Gasteiger partial charge in [0, 0.05) is 48.7 Å². The average molecular weight is 488 g/mol. The number of ether oxygens (including phenoxy) is 1. The third kappa shape index (κ3) is 3.84. The zero-order chi connectivity index (χ0) is 24.8. The van der Waals surface area contributed by atoms with Crippen LogP contribution in [-0.2, 0) is 11.3 Å². The average Bonchev–Trinajstić information content (AvgIpc) is 3.44. The second-order valence-electron chi connectivity index (χ2n) is 9.06. The van der Waals surface area contributed by atoms with Gasteiger partial charge in [0.05, 0.1) is 24.6 Å². The molecule has 1 fully saturated rings. The Balaban J connectivity index is 1.51. The van der Waals surface area contributed by atoms with Gasteiger partial charge >= 0.3 is 0 Å². The summed E-state index contributed by atoms with van der Waals surface area (Å²) >= 11 is 0. The molecule has 3 N–H and O–H groups in total. The SMILES string of the molecule is CC(c1cc2ccccn2c1CN1CCOCC1)n1nc(-c2cc(O)cc(F)c2)c2c(N)ncnc21. The van der Waals surface area contributed by atoms with Gasteiger partial charge in [0.25, 0.3) is 0 Å². The molecule has 1 aliphatic heterocycles. The molecular formula is C26H26FN7O2. The number of nitrogen functional groups attached to an aromatic ring is 1. The predicted molar refractivity (Wildman–Crippen MR) is 134 cm³/mol. The maximum Gasteiger partial charge on any atom is 0.164 e. The van der Waals surface area contributed by atoms with Crippen molar-refractivity contribution < 1.29 is 14.2 Å². The fourth-order valence-corrected chi connectivity index (χ4v) is 5.01. The van der Waals surface area contributed by atoms with E-state index in [0.717, 1.165) is 55.7 Å². The van der Waals surface area contributed by atoms with Crippen molar-refractivity contribution in [1.82, 2.24) is 29.0 Å². The molecule has 184 valence electrons. The number of phenols is 1. The molecule has 9 nitrogen and oxygen atoms in total. The Labute approximate surface area is 206 Å². The second-order valence-corrected chi connectivity index (χ2v) is 9.06. The van der Waals surface area contributed by atoms with Crippen LogP contribution in [0.1, 0.15) is 24.2 Å². The van der Waals surface area contributed by atoms with Crippen LogP contribution in [0, 0.1) is 5.82 Å². The third-order valence-corrected chi connectivity index (χ3v) is 6.79. The number of benzene rings is 1. The lowest BCUT2D eigenvalue weighted by atomic mass is 10.1. The van der Waals surface area contributed by atoms with Crippen LogP contribution in [-0.4, -0.2) is 60.5 Å². The van der Waals surface area contributed by atoms with E-state index in [1.807, 2.05) is 16.8 Å². The van der Waals surface area contributed by atoms with E-state index in [1.54, 1.807) is 0 Å². The molecule has 1 atom stereocenters. The summed E-state index contributed by atoms with van der Waals surface area (Å²) in [4.78, 5) is 11.0. The molecule has 36 heavy (non-hydrogen) atoms. The fraction of sp³-hybridized carbons (Fsp3) is 0.269. The zero-order valence-electron chi connectivity index (χ0n) is 19.8. The number of rotatable bonds is 5. The Hall–Kier alpha value is -4.02. The Morgan fingerprint density at radius 1 is 1.14 bits per heavy atom. The lowest BCUT2D eigenvalue weighted by Crippen LogP contribution is -2.36. The molecule has 1 aliphatic rings. The largest absolute Gasteiger partial charge is 0.508 e. The first-order valence-corrected chi connectivity index (χ1v) is 11.9. The van der Waals surface area contributed by atoms with Gasteiger partial charge in [-0.1, -0.05) is 6.07 Å². The van der Waals surface area contributed by atoms with E-state index in [4.69, 9.17) is 15.6 Å². The van der Waals surface area contributed by atoms with Crippen LogP contribution in [0.3, 0.4) is 0 Å². The summed E-state index contributed by atoms with van der Waals surface area (Å²) < 4.78 is 23.7. The van der Waals surface area contributed by atoms with Crippen LogP contribution < -0.4 is 5.73 Å². The van der Waals surface area contributed by atoms with Crippen LogP contribution in [0.5, 0.6) is 5.75 Å². The first-order valence-electron chi connectivity index (χ1n) is 11.9. The number of morpholine rings is 1. The molecule has 0 saturated carbocycles. The highest BCUT2D eigenvalue weighted by Gasteiger charge is 2.25. The molecule has 1 unspecified atom stereocenters. The van der Waals surface area contributed by atoms with Gasteiger partial charge in [0.15, 0.2) is 5.65 Å². The minimum Gasteiger partial charge on any atom is -0.508 e. The minimum atomic E-state index is -0.567. The molecule has 0 bridgehead atoms. The molecule has 0 radical (unpaired) electrons. The fourth-order valence-electron chi connectivity index (χ4n) is 5.01. The lowest BCUT2D eigenvalue weighted by molar-refractivity contribution is 0.0334. The first-order chi connectivity index (χ1) is 17.5. The summed E-state index contributed by atoms with van der Waals surface area (Å²) in [6.07, 6.45) is 3.48. The summed E-state index contributed by atoms with van der Waals surface area (Å²) in [5, 5.41) is 15.4. The molecule has 5 aromatic rings. The van der Waals surface area contributed by atoms with Crippen molar-refractivity contribution in [3.8, 4) is 17.0 Å². The number of hydrogen-bond acceptors (Lipinski definition) is 7. The van der Waals surface area contributed by atoms with Crippen molar-refractivity contribution in [2.45, 2.75) is 19.5 Å². The van der Waals surface area contributed by atoms with Crippen molar-refractivity contribution in [3.63, 3.8) is 0 Å². The van der Waals surface area contributed by atoms with E-state index in [1.165, 1.54) is 18.5 Å². The second kappa shape index (κ2) is 8.89. The van der Waals surface area contributed by atoms with Crippen LogP contribution in [0.2, 0.25) is 0 Å². The highest BCUT2D eigenvalue weighted by atomic mass is 19.1. The first kappa shape index (κ1) is 22.4. The zero-order valence-corrected chi connectivity index (χ0v) is 19.8. The summed E-state index contributed by atoms with van der Waals surface area (Å²) in [6.45, 7) is 6.01. The number of halogens is 1. The molecule has 1 aromatic carbocycles. The molecular weight excluding hydrogens is 461 g/mol. The number of anilines is 1. The Bertz CT molecular complexity index is 1550. The van der Waals surface area contributed by atoms with Gasteiger partial charge in [-0.15, -0.1) is 0 Å². The van der Waals surface area contributed by atoms with Gasteiger partial charge in [-0.2, -0.15) is 5.10 Å². The van der Waals surface area contributed by atoms with E-state index in [-0.39, 0.29) is 17.6 Å². The third-order valence-electron chi connectivity index (χ3n) is 6.79. The number of nitrogens with zero attached hydrogens (tertiary/aromatic N) is 6. The van der Waals surface area contributed by atoms with E-state index in [9.17, 15) is 9.50 Å². The van der Waals surface area contributed by atoms with Crippen molar-refractivity contribution >= 4 is 22.4 Å². The monoisotopic (exact) mass is 487 g/mol. The van der Waals surface area contributed by atoms with Gasteiger partial charge in [0.2, 0.25) is 0 Å². The summed E-state index contributed by atoms with van der Waals surface area (Å²) in [7, 11) is 0. The molecule has 4 aromatic heterocycles. The normalized spacial score (nSPS) is 15.6. The standard InChI is InChI=1S/C26H26FN7O2/c1-16(21-13-19-4-2-3-5-33(19)22(21)14-32-6-8-36-9-7-32)34-26-23(25(28)29-15-30-26)24(31-34)17-10-18(27)12-20(35)11-17/h2-5,10-13,15-16,35H,6-9,14H2,1H3,(H2,28,29,30). The molecule has 0 aliphatic carbocycles. The number of phenolic OH excluding ortho intramolecular Hbond substituents is 1. The van der Waals surface area contributed by atoms with E-state index >= 15 is 0 Å². The van der Waals surface area contributed by atoms with Crippen LogP contribution in [0.4, 0.5) is 10.2 Å². The minimum absolute atomic E-state index is 0.192. The van der Waals surface area contributed by atoms with E-state index in [2.05, 4.69) is 44.5 Å². The Morgan fingerprint density at radius 3 is 2.78 bits per heavy atom. The van der Waals surface area contributed by atoms with Crippen molar-refractivity contribution in [1.29, 1.82) is 0 Å². The molecule has 0 amide bonds. The highest BCUT2D eigenvalue weighted by molar-refractivity contribution is 5.98. The summed E-state index contributed by atoms with van der Waals surface area (Å²) in [5.74, 6) is -0.516. The topological polar surface area (TPSA) is 107 Å². The van der Waals surface area contributed by atoms with Crippen LogP contribution in [0.25, 0.3) is 27.8 Å². The Kier molecular flexibility index (Phi) is 5.54. The van der Waals surface area contributed by atoms with E-state index in [0.29, 0.717) is 22.3 Å². The number of aromatic nitrogens is 5. The number of nitrogens with two attached hydrogens (primary N) is 1. The van der Waals surface area contributed by atoms with Gasteiger partial charge in [0.1, 0.15) is 29.4 Å². The van der Waals surface area contributed by atoms with Crippen molar-refractivity contribution in [2.24, 2.45) is 0 Å². The lowest BCUT2D eigenvalue weighted by Gasteiger charge is -2.27.